The van der Waals surface area contributed by atoms with Gasteiger partial charge >= 0.3 is 0 Å². The first kappa shape index (κ1) is 18.6. The average Bonchev–Trinajstić information content (AvgIpc) is 2.94. The lowest BCUT2D eigenvalue weighted by Crippen LogP contribution is -1.99. The number of aromatic amines is 1. The van der Waals surface area contributed by atoms with Crippen molar-refractivity contribution in [1.29, 1.82) is 0 Å². The van der Waals surface area contributed by atoms with Crippen LogP contribution in [-0.4, -0.2) is 18.6 Å². The maximum atomic E-state index is 6.43. The Labute approximate surface area is 165 Å². The third kappa shape index (κ3) is 3.82. The molecule has 25 heavy (non-hydrogen) atoms. The van der Waals surface area contributed by atoms with Crippen LogP contribution in [0.4, 0.5) is 0 Å². The third-order valence-electron chi connectivity index (χ3n) is 4.24. The van der Waals surface area contributed by atoms with Crippen molar-refractivity contribution in [2.75, 3.05) is 13.7 Å². The highest BCUT2D eigenvalue weighted by Crippen LogP contribution is 2.40. The topological polar surface area (TPSA) is 51.0 Å². The summed E-state index contributed by atoms with van der Waals surface area (Å²) < 4.78 is 6.55. The van der Waals surface area contributed by atoms with E-state index in [1.165, 1.54) is 5.56 Å². The quantitative estimate of drug-likeness (QED) is 0.447. The van der Waals surface area contributed by atoms with Crippen molar-refractivity contribution >= 4 is 50.0 Å². The van der Waals surface area contributed by atoms with Crippen LogP contribution in [0.5, 0.6) is 5.75 Å². The number of nitrogens with one attached hydrogen (secondary N) is 1. The molecule has 1 heterocycles. The Balaban J connectivity index is 2.25. The Kier molecular flexibility index (Phi) is 5.95. The number of H-pyrrole nitrogens is 1. The molecule has 0 bridgehead atoms. The standard InChI is InChI=1S/C19H19BrCl2N2O/c1-25-17-6-5-11(20)8-15(17)18-13(4-2-3-7-23)14-9-12(21)10-16(22)19(14)24-18/h5-6,8-10,24H,2-4,7,23H2,1H3. The maximum absolute atomic E-state index is 6.43. The monoisotopic (exact) mass is 440 g/mol. The number of rotatable bonds is 6. The normalized spacial score (nSPS) is 11.2. The van der Waals surface area contributed by atoms with E-state index in [-0.39, 0.29) is 0 Å². The van der Waals surface area contributed by atoms with Crippen molar-refractivity contribution in [2.24, 2.45) is 5.73 Å². The highest BCUT2D eigenvalue weighted by Gasteiger charge is 2.18. The van der Waals surface area contributed by atoms with Crippen LogP contribution in [-0.2, 0) is 6.42 Å². The van der Waals surface area contributed by atoms with Crippen molar-refractivity contribution in [3.05, 3.63) is 50.4 Å². The molecule has 0 saturated heterocycles. The molecule has 0 spiro atoms. The highest BCUT2D eigenvalue weighted by molar-refractivity contribution is 9.10. The summed E-state index contributed by atoms with van der Waals surface area (Å²) in [7, 11) is 1.67. The lowest BCUT2D eigenvalue weighted by molar-refractivity contribution is 0.416. The summed E-state index contributed by atoms with van der Waals surface area (Å²) in [5.74, 6) is 0.803. The van der Waals surface area contributed by atoms with Crippen molar-refractivity contribution in [3.8, 4) is 17.0 Å². The summed E-state index contributed by atoms with van der Waals surface area (Å²) in [6.45, 7) is 0.680. The zero-order valence-corrected chi connectivity index (χ0v) is 16.9. The molecule has 1 aromatic heterocycles. The van der Waals surface area contributed by atoms with Crippen LogP contribution in [0.2, 0.25) is 10.0 Å². The molecule has 0 aliphatic heterocycles. The predicted octanol–water partition coefficient (Wildman–Crippen LogP) is 6.19. The Morgan fingerprint density at radius 2 is 1.96 bits per heavy atom. The molecule has 0 saturated carbocycles. The number of hydrogen-bond donors (Lipinski definition) is 2. The molecule has 3 rings (SSSR count). The summed E-state index contributed by atoms with van der Waals surface area (Å²) in [6.07, 6.45) is 2.85. The number of nitrogens with two attached hydrogens (primary N) is 1. The van der Waals surface area contributed by atoms with Gasteiger partial charge in [0, 0.05) is 20.4 Å². The van der Waals surface area contributed by atoms with Gasteiger partial charge in [-0.15, -0.1) is 0 Å². The van der Waals surface area contributed by atoms with E-state index in [0.717, 1.165) is 51.6 Å². The zero-order chi connectivity index (χ0) is 18.0. The first-order valence-corrected chi connectivity index (χ1v) is 9.63. The lowest BCUT2D eigenvalue weighted by atomic mass is 9.99. The van der Waals surface area contributed by atoms with Gasteiger partial charge < -0.3 is 15.5 Å². The molecule has 132 valence electrons. The van der Waals surface area contributed by atoms with Crippen LogP contribution in [0.25, 0.3) is 22.2 Å². The molecule has 0 amide bonds. The Bertz CT molecular complexity index is 908. The highest BCUT2D eigenvalue weighted by atomic mass is 79.9. The number of fused-ring (bicyclic) bond motifs is 1. The smallest absolute Gasteiger partial charge is 0.128 e. The van der Waals surface area contributed by atoms with Crippen LogP contribution in [0.1, 0.15) is 18.4 Å². The van der Waals surface area contributed by atoms with Crippen LogP contribution in [0, 0.1) is 0 Å². The van der Waals surface area contributed by atoms with Gasteiger partial charge in [0.2, 0.25) is 0 Å². The first-order chi connectivity index (χ1) is 12.0. The molecule has 3 nitrogen and oxygen atoms in total. The van der Waals surface area contributed by atoms with Crippen molar-refractivity contribution in [3.63, 3.8) is 0 Å². The molecule has 3 aromatic rings. The number of hydrogen-bond acceptors (Lipinski definition) is 2. The van der Waals surface area contributed by atoms with Crippen LogP contribution in [0.15, 0.2) is 34.8 Å². The summed E-state index contributed by atoms with van der Waals surface area (Å²) in [6, 6.07) is 9.68. The van der Waals surface area contributed by atoms with E-state index in [1.54, 1.807) is 13.2 Å². The number of benzene rings is 2. The SMILES string of the molecule is COc1ccc(Br)cc1-c1[nH]c2c(Cl)cc(Cl)cc2c1CCCCN. The molecule has 0 aliphatic rings. The zero-order valence-electron chi connectivity index (χ0n) is 13.8. The van der Waals surface area contributed by atoms with Gasteiger partial charge in [0.05, 0.1) is 23.3 Å². The van der Waals surface area contributed by atoms with Gasteiger partial charge in [-0.25, -0.2) is 0 Å². The molecule has 0 fully saturated rings. The van der Waals surface area contributed by atoms with E-state index in [4.69, 9.17) is 33.7 Å². The minimum atomic E-state index is 0.614. The van der Waals surface area contributed by atoms with Crippen molar-refractivity contribution < 1.29 is 4.74 Å². The fourth-order valence-electron chi connectivity index (χ4n) is 3.09. The summed E-state index contributed by atoms with van der Waals surface area (Å²) >= 11 is 16.2. The van der Waals surface area contributed by atoms with Crippen LogP contribution in [0.3, 0.4) is 0 Å². The molecule has 0 unspecified atom stereocenters. The third-order valence-corrected chi connectivity index (χ3v) is 5.25. The summed E-state index contributed by atoms with van der Waals surface area (Å²) in [4.78, 5) is 3.48. The molecule has 0 aliphatic carbocycles. The second kappa shape index (κ2) is 8.00. The molecule has 6 heteroatoms. The number of halogens is 3. The van der Waals surface area contributed by atoms with E-state index in [2.05, 4.69) is 20.9 Å². The second-order valence-corrected chi connectivity index (χ2v) is 7.64. The lowest BCUT2D eigenvalue weighted by Gasteiger charge is -2.10. The molecule has 0 atom stereocenters. The summed E-state index contributed by atoms with van der Waals surface area (Å²) in [5.41, 5.74) is 9.74. The fraction of sp³-hybridized carbons (Fsp3) is 0.263. The first-order valence-electron chi connectivity index (χ1n) is 8.08. The van der Waals surface area contributed by atoms with Gasteiger partial charge in [-0.3, -0.25) is 0 Å². The number of unbranched alkanes of at least 4 members (excludes halogenated alkanes) is 1. The van der Waals surface area contributed by atoms with E-state index in [9.17, 15) is 0 Å². The Morgan fingerprint density at radius 3 is 2.68 bits per heavy atom. The molecule has 0 radical (unpaired) electrons. The van der Waals surface area contributed by atoms with E-state index in [1.807, 2.05) is 24.3 Å². The average molecular weight is 442 g/mol. The summed E-state index contributed by atoms with van der Waals surface area (Å²) in [5, 5.41) is 2.29. The predicted molar refractivity (Wildman–Crippen MR) is 110 cm³/mol. The fourth-order valence-corrected chi connectivity index (χ4v) is 3.99. The maximum Gasteiger partial charge on any atom is 0.128 e. The molecule has 2 aromatic carbocycles. The molecular weight excluding hydrogens is 423 g/mol. The van der Waals surface area contributed by atoms with Gasteiger partial charge in [-0.05, 0) is 61.7 Å². The van der Waals surface area contributed by atoms with Crippen LogP contribution >= 0.6 is 39.1 Å². The van der Waals surface area contributed by atoms with Gasteiger partial charge in [-0.2, -0.15) is 0 Å². The van der Waals surface area contributed by atoms with Gasteiger partial charge in [0.15, 0.2) is 0 Å². The van der Waals surface area contributed by atoms with E-state index >= 15 is 0 Å². The number of methoxy groups -OCH3 is 1. The minimum Gasteiger partial charge on any atom is -0.496 e. The van der Waals surface area contributed by atoms with Crippen molar-refractivity contribution in [2.45, 2.75) is 19.3 Å². The molecule has 3 N–H and O–H groups in total. The van der Waals surface area contributed by atoms with Crippen LogP contribution < -0.4 is 10.5 Å². The largest absolute Gasteiger partial charge is 0.496 e. The minimum absolute atomic E-state index is 0.614. The van der Waals surface area contributed by atoms with Crippen molar-refractivity contribution in [1.82, 2.24) is 4.98 Å². The second-order valence-electron chi connectivity index (χ2n) is 5.88. The van der Waals surface area contributed by atoms with Gasteiger partial charge in [0.25, 0.3) is 0 Å². The van der Waals surface area contributed by atoms with Gasteiger partial charge in [0.1, 0.15) is 5.75 Å². The number of aryl methyl sites for hydroxylation is 1. The van der Waals surface area contributed by atoms with Gasteiger partial charge in [-0.1, -0.05) is 39.1 Å². The molecular formula is C19H19BrCl2N2O. The van der Waals surface area contributed by atoms with E-state index < -0.39 is 0 Å². The number of ether oxygens (including phenoxy) is 1. The van der Waals surface area contributed by atoms with E-state index in [0.29, 0.717) is 16.6 Å². The number of aromatic nitrogens is 1. The Morgan fingerprint density at radius 1 is 1.16 bits per heavy atom. The Hall–Kier alpha value is -1.20.